The lowest BCUT2D eigenvalue weighted by atomic mass is 10.0. The van der Waals surface area contributed by atoms with E-state index in [2.05, 4.69) is 16.5 Å². The molecule has 0 atom stereocenters. The standard InChI is InChI=1S/C14H11N3/c1-2-9-7-8-16-13-12(9)10-5-3-4-6-11(10)17-14(13)15/h2-8H,1H2,(H2,15,17). The third-order valence-electron chi connectivity index (χ3n) is 2.86. The van der Waals surface area contributed by atoms with Crippen molar-refractivity contribution in [1.29, 1.82) is 0 Å². The van der Waals surface area contributed by atoms with Gasteiger partial charge in [0.1, 0.15) is 5.52 Å². The molecule has 0 aliphatic rings. The summed E-state index contributed by atoms with van der Waals surface area (Å²) in [6.07, 6.45) is 3.54. The molecule has 17 heavy (non-hydrogen) atoms. The van der Waals surface area contributed by atoms with Gasteiger partial charge in [-0.2, -0.15) is 0 Å². The maximum absolute atomic E-state index is 5.94. The molecule has 0 aliphatic heterocycles. The van der Waals surface area contributed by atoms with Gasteiger partial charge >= 0.3 is 0 Å². The van der Waals surface area contributed by atoms with Gasteiger partial charge in [0.25, 0.3) is 0 Å². The summed E-state index contributed by atoms with van der Waals surface area (Å²) in [7, 11) is 0. The van der Waals surface area contributed by atoms with Crippen LogP contribution in [-0.2, 0) is 0 Å². The number of pyridine rings is 2. The van der Waals surface area contributed by atoms with Gasteiger partial charge in [-0.05, 0) is 17.7 Å². The van der Waals surface area contributed by atoms with Crippen molar-refractivity contribution >= 4 is 33.7 Å². The summed E-state index contributed by atoms with van der Waals surface area (Å²) in [4.78, 5) is 8.66. The first-order valence-electron chi connectivity index (χ1n) is 5.36. The molecule has 1 aromatic carbocycles. The third kappa shape index (κ3) is 1.36. The van der Waals surface area contributed by atoms with E-state index in [4.69, 9.17) is 5.73 Å². The van der Waals surface area contributed by atoms with Gasteiger partial charge in [-0.25, -0.2) is 4.98 Å². The Morgan fingerprint density at radius 2 is 2.00 bits per heavy atom. The van der Waals surface area contributed by atoms with E-state index in [1.807, 2.05) is 36.4 Å². The highest BCUT2D eigenvalue weighted by molar-refractivity contribution is 6.11. The lowest BCUT2D eigenvalue weighted by Gasteiger charge is -2.07. The van der Waals surface area contributed by atoms with Gasteiger partial charge in [-0.15, -0.1) is 0 Å². The largest absolute Gasteiger partial charge is 0.382 e. The highest BCUT2D eigenvalue weighted by Gasteiger charge is 2.08. The van der Waals surface area contributed by atoms with Gasteiger partial charge in [-0.1, -0.05) is 30.9 Å². The van der Waals surface area contributed by atoms with Crippen LogP contribution < -0.4 is 5.73 Å². The number of rotatable bonds is 1. The predicted molar refractivity (Wildman–Crippen MR) is 71.5 cm³/mol. The van der Waals surface area contributed by atoms with Gasteiger partial charge in [0.05, 0.1) is 5.52 Å². The van der Waals surface area contributed by atoms with E-state index in [0.29, 0.717) is 5.82 Å². The van der Waals surface area contributed by atoms with Crippen LogP contribution in [0.4, 0.5) is 5.82 Å². The first-order valence-corrected chi connectivity index (χ1v) is 5.36. The quantitative estimate of drug-likeness (QED) is 0.642. The molecule has 0 fully saturated rings. The van der Waals surface area contributed by atoms with Crippen molar-refractivity contribution in [2.24, 2.45) is 0 Å². The monoisotopic (exact) mass is 221 g/mol. The molecular weight excluding hydrogens is 210 g/mol. The van der Waals surface area contributed by atoms with E-state index < -0.39 is 0 Å². The molecular formula is C14H11N3. The van der Waals surface area contributed by atoms with Crippen molar-refractivity contribution < 1.29 is 0 Å². The SMILES string of the molecule is C=Cc1ccnc2c(N)nc3ccccc3c12. The van der Waals surface area contributed by atoms with Crippen LogP contribution >= 0.6 is 0 Å². The summed E-state index contributed by atoms with van der Waals surface area (Å²) in [6.45, 7) is 3.83. The fraction of sp³-hybridized carbons (Fsp3) is 0. The average molecular weight is 221 g/mol. The molecule has 82 valence electrons. The number of benzene rings is 1. The van der Waals surface area contributed by atoms with E-state index in [-0.39, 0.29) is 0 Å². The summed E-state index contributed by atoms with van der Waals surface area (Å²) < 4.78 is 0. The topological polar surface area (TPSA) is 51.8 Å². The van der Waals surface area contributed by atoms with E-state index >= 15 is 0 Å². The van der Waals surface area contributed by atoms with E-state index in [1.54, 1.807) is 6.20 Å². The van der Waals surface area contributed by atoms with Crippen molar-refractivity contribution in [2.75, 3.05) is 5.73 Å². The molecule has 0 aliphatic carbocycles. The minimum atomic E-state index is 0.461. The number of hydrogen-bond acceptors (Lipinski definition) is 3. The van der Waals surface area contributed by atoms with Crippen LogP contribution in [0.2, 0.25) is 0 Å². The van der Waals surface area contributed by atoms with Crippen LogP contribution in [0.25, 0.3) is 27.9 Å². The Morgan fingerprint density at radius 1 is 1.18 bits per heavy atom. The van der Waals surface area contributed by atoms with Crippen molar-refractivity contribution in [2.45, 2.75) is 0 Å². The smallest absolute Gasteiger partial charge is 0.150 e. The zero-order chi connectivity index (χ0) is 11.8. The maximum atomic E-state index is 5.94. The van der Waals surface area contributed by atoms with Crippen LogP contribution in [0.3, 0.4) is 0 Å². The lowest BCUT2D eigenvalue weighted by Crippen LogP contribution is -1.96. The van der Waals surface area contributed by atoms with E-state index in [0.717, 1.165) is 27.4 Å². The number of hydrogen-bond donors (Lipinski definition) is 1. The number of nitrogens with zero attached hydrogens (tertiary/aromatic N) is 2. The van der Waals surface area contributed by atoms with Crippen molar-refractivity contribution in [3.8, 4) is 0 Å². The normalized spacial score (nSPS) is 10.8. The minimum Gasteiger partial charge on any atom is -0.382 e. The van der Waals surface area contributed by atoms with Gasteiger partial charge in [-0.3, -0.25) is 4.98 Å². The minimum absolute atomic E-state index is 0.461. The molecule has 2 N–H and O–H groups in total. The second-order valence-corrected chi connectivity index (χ2v) is 3.84. The number of fused-ring (bicyclic) bond motifs is 3. The summed E-state index contributed by atoms with van der Waals surface area (Å²) in [6, 6.07) is 9.84. The van der Waals surface area contributed by atoms with Crippen LogP contribution in [0.5, 0.6) is 0 Å². The van der Waals surface area contributed by atoms with Gasteiger partial charge in [0.15, 0.2) is 5.82 Å². The molecule has 0 bridgehead atoms. The molecule has 3 heteroatoms. The van der Waals surface area contributed by atoms with Crippen LogP contribution in [0, 0.1) is 0 Å². The number of nitrogens with two attached hydrogens (primary N) is 1. The first-order chi connectivity index (χ1) is 8.31. The Balaban J connectivity index is 2.66. The Bertz CT molecular complexity index is 732. The Hall–Kier alpha value is -2.42. The fourth-order valence-corrected chi connectivity index (χ4v) is 2.09. The van der Waals surface area contributed by atoms with Gasteiger partial charge < -0.3 is 5.73 Å². The van der Waals surface area contributed by atoms with Gasteiger partial charge in [0.2, 0.25) is 0 Å². The van der Waals surface area contributed by atoms with E-state index in [1.165, 1.54) is 0 Å². The average Bonchev–Trinajstić information content (AvgIpc) is 2.38. The fourth-order valence-electron chi connectivity index (χ4n) is 2.09. The molecule has 0 amide bonds. The summed E-state index contributed by atoms with van der Waals surface area (Å²) in [5.74, 6) is 0.461. The summed E-state index contributed by atoms with van der Waals surface area (Å²) >= 11 is 0. The van der Waals surface area contributed by atoms with Crippen LogP contribution in [0.15, 0.2) is 43.1 Å². The Kier molecular flexibility index (Phi) is 2.05. The molecule has 0 radical (unpaired) electrons. The predicted octanol–water partition coefficient (Wildman–Crippen LogP) is 3.01. The molecule has 0 saturated heterocycles. The number of anilines is 1. The highest BCUT2D eigenvalue weighted by atomic mass is 14.9. The van der Waals surface area contributed by atoms with Crippen LogP contribution in [-0.4, -0.2) is 9.97 Å². The zero-order valence-corrected chi connectivity index (χ0v) is 9.22. The Morgan fingerprint density at radius 3 is 2.82 bits per heavy atom. The number of nitrogen functional groups attached to an aromatic ring is 1. The first kappa shape index (κ1) is 9.78. The molecule has 3 rings (SSSR count). The second kappa shape index (κ2) is 3.56. The molecule has 2 aromatic heterocycles. The summed E-state index contributed by atoms with van der Waals surface area (Å²) in [5.41, 5.74) is 8.59. The van der Waals surface area contributed by atoms with Crippen molar-refractivity contribution in [3.05, 3.63) is 48.7 Å². The third-order valence-corrected chi connectivity index (χ3v) is 2.86. The zero-order valence-electron chi connectivity index (χ0n) is 9.22. The Labute approximate surface area is 98.6 Å². The van der Waals surface area contributed by atoms with Crippen molar-refractivity contribution in [3.63, 3.8) is 0 Å². The lowest BCUT2D eigenvalue weighted by molar-refractivity contribution is 1.36. The van der Waals surface area contributed by atoms with Gasteiger partial charge in [0, 0.05) is 17.0 Å². The molecule has 3 aromatic rings. The highest BCUT2D eigenvalue weighted by Crippen LogP contribution is 2.29. The number of para-hydroxylation sites is 1. The maximum Gasteiger partial charge on any atom is 0.150 e. The molecule has 2 heterocycles. The molecule has 3 nitrogen and oxygen atoms in total. The summed E-state index contributed by atoms with van der Waals surface area (Å²) in [5, 5.41) is 2.07. The molecule has 0 spiro atoms. The van der Waals surface area contributed by atoms with Crippen molar-refractivity contribution in [1.82, 2.24) is 9.97 Å². The van der Waals surface area contributed by atoms with E-state index in [9.17, 15) is 0 Å². The molecule has 0 saturated carbocycles. The molecule has 0 unspecified atom stereocenters. The van der Waals surface area contributed by atoms with Crippen LogP contribution in [0.1, 0.15) is 5.56 Å². The number of aromatic nitrogens is 2. The second-order valence-electron chi connectivity index (χ2n) is 3.84.